The molecule has 0 fully saturated rings. The number of rotatable bonds is 9. The second-order valence-electron chi connectivity index (χ2n) is 6.25. The number of carbonyl (C=O) groups excluding carboxylic acids is 1. The highest BCUT2D eigenvalue weighted by Gasteiger charge is 2.19. The van der Waals surface area contributed by atoms with E-state index in [-0.39, 0.29) is 11.9 Å². The highest BCUT2D eigenvalue weighted by atomic mass is 16.5. The van der Waals surface area contributed by atoms with E-state index in [2.05, 4.69) is 10.3 Å². The van der Waals surface area contributed by atoms with Crippen LogP contribution in [0, 0.1) is 0 Å². The number of hydrogen-bond donors (Lipinski definition) is 1. The molecule has 0 radical (unpaired) electrons. The number of nitrogens with zero attached hydrogens (tertiary/aromatic N) is 2. The first-order valence-electron chi connectivity index (χ1n) is 8.64. The Morgan fingerprint density at radius 3 is 2.68 bits per heavy atom. The monoisotopic (exact) mass is 341 g/mol. The number of benzene rings is 1. The highest BCUT2D eigenvalue weighted by Crippen LogP contribution is 2.15. The summed E-state index contributed by atoms with van der Waals surface area (Å²) in [6.07, 6.45) is 4.27. The zero-order valence-electron chi connectivity index (χ0n) is 15.2. The lowest BCUT2D eigenvalue weighted by atomic mass is 10.1. The van der Waals surface area contributed by atoms with Crippen LogP contribution < -0.4 is 5.32 Å². The Hall–Kier alpha value is -2.40. The van der Waals surface area contributed by atoms with Gasteiger partial charge in [0.05, 0.1) is 11.3 Å². The molecule has 1 aromatic carbocycles. The molecule has 0 saturated carbocycles. The lowest BCUT2D eigenvalue weighted by Crippen LogP contribution is -2.36. The molecule has 0 spiro atoms. The minimum atomic E-state index is -0.00751. The molecule has 0 aliphatic carbocycles. The van der Waals surface area contributed by atoms with Crippen LogP contribution in [0.5, 0.6) is 0 Å². The van der Waals surface area contributed by atoms with E-state index in [9.17, 15) is 4.79 Å². The van der Waals surface area contributed by atoms with Gasteiger partial charge in [0.2, 0.25) is 0 Å². The number of aromatic nitrogens is 1. The van der Waals surface area contributed by atoms with Crippen molar-refractivity contribution in [2.45, 2.75) is 32.9 Å². The number of carbonyl (C=O) groups is 1. The third kappa shape index (κ3) is 5.87. The molecule has 0 unspecified atom stereocenters. The molecule has 2 rings (SSSR count). The van der Waals surface area contributed by atoms with Crippen molar-refractivity contribution in [1.82, 2.24) is 9.88 Å². The summed E-state index contributed by atoms with van der Waals surface area (Å²) < 4.78 is 5.04. The van der Waals surface area contributed by atoms with Crippen LogP contribution in [0.2, 0.25) is 0 Å². The minimum absolute atomic E-state index is 0.00751. The molecule has 0 atom stereocenters. The normalized spacial score (nSPS) is 10.7. The molecular weight excluding hydrogens is 314 g/mol. The maximum atomic E-state index is 13.0. The van der Waals surface area contributed by atoms with Crippen LogP contribution in [0.1, 0.15) is 36.2 Å². The Bertz CT molecular complexity index is 659. The van der Waals surface area contributed by atoms with E-state index < -0.39 is 0 Å². The molecule has 1 N–H and O–H groups in total. The van der Waals surface area contributed by atoms with Crippen molar-refractivity contribution in [3.8, 4) is 0 Å². The number of methoxy groups -OCH3 is 1. The van der Waals surface area contributed by atoms with Crippen LogP contribution in [0.25, 0.3) is 0 Å². The summed E-state index contributed by atoms with van der Waals surface area (Å²) in [6.45, 7) is 6.13. The SMILES string of the molecule is COCCCNc1cncc(C(=O)N(Cc2ccccc2)C(C)C)c1. The second-order valence-corrected chi connectivity index (χ2v) is 6.25. The summed E-state index contributed by atoms with van der Waals surface area (Å²) in [6, 6.07) is 12.0. The van der Waals surface area contributed by atoms with Gasteiger partial charge >= 0.3 is 0 Å². The van der Waals surface area contributed by atoms with Crippen LogP contribution in [0.3, 0.4) is 0 Å². The molecule has 0 aliphatic heterocycles. The van der Waals surface area contributed by atoms with Gasteiger partial charge in [-0.1, -0.05) is 30.3 Å². The molecule has 1 amide bonds. The maximum absolute atomic E-state index is 13.0. The van der Waals surface area contributed by atoms with Gasteiger partial charge in [-0.15, -0.1) is 0 Å². The van der Waals surface area contributed by atoms with Crippen LogP contribution in [0.15, 0.2) is 48.8 Å². The topological polar surface area (TPSA) is 54.5 Å². The van der Waals surface area contributed by atoms with Gasteiger partial charge in [-0.2, -0.15) is 0 Å². The standard InChI is InChI=1S/C20H27N3O2/c1-16(2)23(15-17-8-5-4-6-9-17)20(24)18-12-19(14-21-13-18)22-10-7-11-25-3/h4-6,8-9,12-14,16,22H,7,10-11,15H2,1-3H3. The van der Waals surface area contributed by atoms with E-state index in [4.69, 9.17) is 4.74 Å². The first-order chi connectivity index (χ1) is 12.1. The summed E-state index contributed by atoms with van der Waals surface area (Å²) in [7, 11) is 1.69. The molecule has 5 heteroatoms. The van der Waals surface area contributed by atoms with Crippen molar-refractivity contribution in [1.29, 1.82) is 0 Å². The van der Waals surface area contributed by atoms with Gasteiger partial charge in [0, 0.05) is 45.2 Å². The summed E-state index contributed by atoms with van der Waals surface area (Å²) in [5, 5.41) is 3.28. The average Bonchev–Trinajstić information content (AvgIpc) is 2.63. The van der Waals surface area contributed by atoms with Gasteiger partial charge in [0.15, 0.2) is 0 Å². The number of ether oxygens (including phenoxy) is 1. The minimum Gasteiger partial charge on any atom is -0.385 e. The van der Waals surface area contributed by atoms with Crippen molar-refractivity contribution >= 4 is 11.6 Å². The highest BCUT2D eigenvalue weighted by molar-refractivity contribution is 5.94. The molecule has 0 aliphatic rings. The molecule has 0 saturated heterocycles. The Morgan fingerprint density at radius 1 is 1.24 bits per heavy atom. The Labute approximate surface area is 150 Å². The molecule has 0 bridgehead atoms. The van der Waals surface area contributed by atoms with Crippen molar-refractivity contribution in [3.05, 3.63) is 59.9 Å². The number of amides is 1. The largest absolute Gasteiger partial charge is 0.385 e. The summed E-state index contributed by atoms with van der Waals surface area (Å²) in [4.78, 5) is 19.0. The average molecular weight is 341 g/mol. The predicted octanol–water partition coefficient (Wildman–Crippen LogP) is 3.58. The van der Waals surface area contributed by atoms with E-state index in [0.717, 1.165) is 24.2 Å². The lowest BCUT2D eigenvalue weighted by molar-refractivity contribution is 0.0690. The number of nitrogens with one attached hydrogen (secondary N) is 1. The van der Waals surface area contributed by atoms with E-state index in [1.807, 2.05) is 55.1 Å². The van der Waals surface area contributed by atoms with E-state index in [1.54, 1.807) is 19.5 Å². The Kier molecular flexibility index (Phi) is 7.41. The number of hydrogen-bond acceptors (Lipinski definition) is 4. The van der Waals surface area contributed by atoms with Crippen LogP contribution in [0.4, 0.5) is 5.69 Å². The van der Waals surface area contributed by atoms with Crippen LogP contribution in [-0.2, 0) is 11.3 Å². The zero-order valence-corrected chi connectivity index (χ0v) is 15.2. The van der Waals surface area contributed by atoms with Gasteiger partial charge in [0.1, 0.15) is 0 Å². The third-order valence-corrected chi connectivity index (χ3v) is 3.92. The maximum Gasteiger partial charge on any atom is 0.256 e. The smallest absolute Gasteiger partial charge is 0.256 e. The Morgan fingerprint density at radius 2 is 2.00 bits per heavy atom. The van der Waals surface area contributed by atoms with E-state index in [1.165, 1.54) is 0 Å². The van der Waals surface area contributed by atoms with E-state index in [0.29, 0.717) is 18.7 Å². The van der Waals surface area contributed by atoms with Crippen molar-refractivity contribution in [3.63, 3.8) is 0 Å². The fraction of sp³-hybridized carbons (Fsp3) is 0.400. The molecular formula is C20H27N3O2. The molecule has 5 nitrogen and oxygen atoms in total. The quantitative estimate of drug-likeness (QED) is 0.708. The lowest BCUT2D eigenvalue weighted by Gasteiger charge is -2.27. The Balaban J connectivity index is 2.08. The van der Waals surface area contributed by atoms with Gasteiger partial charge in [0.25, 0.3) is 5.91 Å². The molecule has 1 aromatic heterocycles. The van der Waals surface area contributed by atoms with Crippen LogP contribution >= 0.6 is 0 Å². The second kappa shape index (κ2) is 9.79. The summed E-state index contributed by atoms with van der Waals surface area (Å²) in [5.41, 5.74) is 2.57. The van der Waals surface area contributed by atoms with Crippen molar-refractivity contribution < 1.29 is 9.53 Å². The van der Waals surface area contributed by atoms with Gasteiger partial charge in [-0.3, -0.25) is 9.78 Å². The fourth-order valence-electron chi connectivity index (χ4n) is 2.54. The van der Waals surface area contributed by atoms with Crippen molar-refractivity contribution in [2.75, 3.05) is 25.6 Å². The van der Waals surface area contributed by atoms with Gasteiger partial charge < -0.3 is 15.0 Å². The first-order valence-corrected chi connectivity index (χ1v) is 8.64. The van der Waals surface area contributed by atoms with Crippen molar-refractivity contribution in [2.24, 2.45) is 0 Å². The number of anilines is 1. The molecule has 2 aromatic rings. The van der Waals surface area contributed by atoms with Gasteiger partial charge in [-0.05, 0) is 31.9 Å². The molecule has 25 heavy (non-hydrogen) atoms. The summed E-state index contributed by atoms with van der Waals surface area (Å²) >= 11 is 0. The first kappa shape index (κ1) is 18.9. The predicted molar refractivity (Wildman–Crippen MR) is 101 cm³/mol. The van der Waals surface area contributed by atoms with Gasteiger partial charge in [-0.25, -0.2) is 0 Å². The summed E-state index contributed by atoms with van der Waals surface area (Å²) in [5.74, 6) is -0.00751. The molecule has 134 valence electrons. The fourth-order valence-corrected chi connectivity index (χ4v) is 2.54. The third-order valence-electron chi connectivity index (χ3n) is 3.92. The van der Waals surface area contributed by atoms with E-state index >= 15 is 0 Å². The zero-order chi connectivity index (χ0) is 18.1. The molecule has 1 heterocycles. The van der Waals surface area contributed by atoms with Crippen LogP contribution in [-0.4, -0.2) is 42.1 Å². The number of pyridine rings is 1.